The number of aryl methyl sites for hydroxylation is 1. The van der Waals surface area contributed by atoms with E-state index in [1.54, 1.807) is 11.8 Å². The molecule has 0 bridgehead atoms. The van der Waals surface area contributed by atoms with Crippen LogP contribution in [0.25, 0.3) is 0 Å². The number of H-pyrrole nitrogens is 1. The average Bonchev–Trinajstić information content (AvgIpc) is 2.90. The lowest BCUT2D eigenvalue weighted by molar-refractivity contribution is -0.116. The Kier molecular flexibility index (Phi) is 4.01. The number of carbonyl (C=O) groups is 1. The number of nitrogens with zero attached hydrogens (tertiary/aromatic N) is 1. The van der Waals surface area contributed by atoms with Gasteiger partial charge in [0.05, 0.1) is 0 Å². The molecule has 1 aliphatic heterocycles. The molecular weight excluding hydrogens is 282 g/mol. The fourth-order valence-corrected chi connectivity index (χ4v) is 3.38. The van der Waals surface area contributed by atoms with E-state index in [0.717, 1.165) is 24.1 Å². The number of anilines is 1. The first-order valence-electron chi connectivity index (χ1n) is 7.23. The van der Waals surface area contributed by atoms with Crippen LogP contribution in [0.3, 0.4) is 0 Å². The zero-order chi connectivity index (χ0) is 14.8. The molecule has 0 spiro atoms. The Balaban J connectivity index is 2.06. The smallest absolute Gasteiger partial charge is 0.226 e. The van der Waals surface area contributed by atoms with E-state index in [2.05, 4.69) is 53.0 Å². The number of fused-ring (bicyclic) bond motifs is 1. The molecule has 1 unspecified atom stereocenters. The van der Waals surface area contributed by atoms with Gasteiger partial charge < -0.3 is 5.32 Å². The summed E-state index contributed by atoms with van der Waals surface area (Å²) in [5.74, 6) is 0.840. The molecule has 4 nitrogen and oxygen atoms in total. The van der Waals surface area contributed by atoms with Gasteiger partial charge in [0.1, 0.15) is 0 Å². The van der Waals surface area contributed by atoms with Crippen molar-refractivity contribution in [1.29, 1.82) is 0 Å². The first-order valence-corrected chi connectivity index (χ1v) is 8.46. The van der Waals surface area contributed by atoms with E-state index < -0.39 is 0 Å². The molecule has 1 amide bonds. The SMILES string of the molecule is CCCc1[nH]nc2c1C(c1cccc(SC)c1)CC(=O)N2. The maximum absolute atomic E-state index is 12.0. The van der Waals surface area contributed by atoms with Crippen molar-refractivity contribution in [2.45, 2.75) is 37.0 Å². The van der Waals surface area contributed by atoms with Crippen molar-refractivity contribution >= 4 is 23.5 Å². The predicted molar refractivity (Wildman–Crippen MR) is 85.9 cm³/mol. The largest absolute Gasteiger partial charge is 0.309 e. The molecule has 1 aliphatic rings. The van der Waals surface area contributed by atoms with E-state index in [1.807, 2.05) is 0 Å². The van der Waals surface area contributed by atoms with Crippen molar-refractivity contribution in [3.63, 3.8) is 0 Å². The number of thioether (sulfide) groups is 1. The molecule has 1 aromatic carbocycles. The summed E-state index contributed by atoms with van der Waals surface area (Å²) < 4.78 is 0. The first-order chi connectivity index (χ1) is 10.2. The maximum atomic E-state index is 12.0. The van der Waals surface area contributed by atoms with E-state index >= 15 is 0 Å². The van der Waals surface area contributed by atoms with E-state index in [9.17, 15) is 4.79 Å². The Hall–Kier alpha value is -1.75. The van der Waals surface area contributed by atoms with Gasteiger partial charge in [-0.2, -0.15) is 5.10 Å². The average molecular weight is 301 g/mol. The molecule has 0 saturated heterocycles. The number of hydrogen-bond donors (Lipinski definition) is 2. The molecule has 21 heavy (non-hydrogen) atoms. The second-order valence-electron chi connectivity index (χ2n) is 5.30. The van der Waals surface area contributed by atoms with Gasteiger partial charge in [-0.05, 0) is 30.4 Å². The molecule has 0 fully saturated rings. The fraction of sp³-hybridized carbons (Fsp3) is 0.375. The number of benzene rings is 1. The summed E-state index contributed by atoms with van der Waals surface area (Å²) in [6.07, 6.45) is 4.57. The highest BCUT2D eigenvalue weighted by atomic mass is 32.2. The third kappa shape index (κ3) is 2.70. The summed E-state index contributed by atoms with van der Waals surface area (Å²) in [7, 11) is 0. The summed E-state index contributed by atoms with van der Waals surface area (Å²) in [5.41, 5.74) is 3.50. The normalized spacial score (nSPS) is 17.4. The summed E-state index contributed by atoms with van der Waals surface area (Å²) in [4.78, 5) is 13.2. The van der Waals surface area contributed by atoms with Gasteiger partial charge in [-0.25, -0.2) is 0 Å². The van der Waals surface area contributed by atoms with Crippen LogP contribution in [0.15, 0.2) is 29.2 Å². The summed E-state index contributed by atoms with van der Waals surface area (Å²) in [6.45, 7) is 2.15. The molecule has 2 heterocycles. The van der Waals surface area contributed by atoms with Crippen molar-refractivity contribution in [2.24, 2.45) is 0 Å². The van der Waals surface area contributed by atoms with Crippen LogP contribution in [0.2, 0.25) is 0 Å². The Bertz CT molecular complexity index is 665. The number of aromatic nitrogens is 2. The van der Waals surface area contributed by atoms with Crippen molar-refractivity contribution in [3.05, 3.63) is 41.1 Å². The molecule has 2 N–H and O–H groups in total. The van der Waals surface area contributed by atoms with Crippen molar-refractivity contribution in [3.8, 4) is 0 Å². The van der Waals surface area contributed by atoms with Gasteiger partial charge in [-0.15, -0.1) is 11.8 Å². The van der Waals surface area contributed by atoms with Crippen LogP contribution in [-0.4, -0.2) is 22.4 Å². The highest BCUT2D eigenvalue weighted by Crippen LogP contribution is 2.39. The summed E-state index contributed by atoms with van der Waals surface area (Å²) in [5, 5.41) is 10.3. The van der Waals surface area contributed by atoms with Gasteiger partial charge in [0, 0.05) is 28.5 Å². The third-order valence-electron chi connectivity index (χ3n) is 3.87. The van der Waals surface area contributed by atoms with E-state index in [4.69, 9.17) is 0 Å². The maximum Gasteiger partial charge on any atom is 0.226 e. The van der Waals surface area contributed by atoms with Crippen LogP contribution in [0.1, 0.15) is 42.5 Å². The van der Waals surface area contributed by atoms with Crippen LogP contribution in [0.4, 0.5) is 5.82 Å². The molecule has 110 valence electrons. The number of hydrogen-bond acceptors (Lipinski definition) is 3. The number of aromatic amines is 1. The monoisotopic (exact) mass is 301 g/mol. The second-order valence-corrected chi connectivity index (χ2v) is 6.18. The summed E-state index contributed by atoms with van der Waals surface area (Å²) in [6, 6.07) is 8.45. The minimum absolute atomic E-state index is 0.0385. The van der Waals surface area contributed by atoms with Crippen molar-refractivity contribution in [2.75, 3.05) is 11.6 Å². The highest BCUT2D eigenvalue weighted by Gasteiger charge is 2.31. The minimum atomic E-state index is 0.0385. The van der Waals surface area contributed by atoms with Crippen LogP contribution < -0.4 is 5.32 Å². The third-order valence-corrected chi connectivity index (χ3v) is 4.60. The van der Waals surface area contributed by atoms with Crippen LogP contribution in [0, 0.1) is 0 Å². The highest BCUT2D eigenvalue weighted by molar-refractivity contribution is 7.98. The standard InChI is InChI=1S/C16H19N3OS/c1-3-5-13-15-12(9-14(20)17-16(15)19-18-13)10-6-4-7-11(8-10)21-2/h4,6-8,12H,3,5,9H2,1-2H3,(H2,17,18,19,20). The quantitative estimate of drug-likeness (QED) is 0.849. The number of rotatable bonds is 4. The van der Waals surface area contributed by atoms with Crippen LogP contribution in [-0.2, 0) is 11.2 Å². The molecule has 3 rings (SSSR count). The van der Waals surface area contributed by atoms with Gasteiger partial charge in [-0.3, -0.25) is 9.89 Å². The molecular formula is C16H19N3OS. The molecule has 1 aromatic heterocycles. The summed E-state index contributed by atoms with van der Waals surface area (Å²) >= 11 is 1.72. The van der Waals surface area contributed by atoms with Gasteiger partial charge in [0.15, 0.2) is 5.82 Å². The van der Waals surface area contributed by atoms with E-state index in [1.165, 1.54) is 10.5 Å². The van der Waals surface area contributed by atoms with E-state index in [0.29, 0.717) is 12.2 Å². The van der Waals surface area contributed by atoms with Gasteiger partial charge in [-0.1, -0.05) is 25.5 Å². The zero-order valence-corrected chi connectivity index (χ0v) is 13.1. The van der Waals surface area contributed by atoms with E-state index in [-0.39, 0.29) is 11.8 Å². The number of carbonyl (C=O) groups excluding carboxylic acids is 1. The molecule has 1 atom stereocenters. The Morgan fingerprint density at radius 2 is 2.29 bits per heavy atom. The molecule has 2 aromatic rings. The Morgan fingerprint density at radius 1 is 1.43 bits per heavy atom. The first kappa shape index (κ1) is 14.2. The Labute approximate surface area is 128 Å². The molecule has 0 aliphatic carbocycles. The lowest BCUT2D eigenvalue weighted by Gasteiger charge is -2.23. The predicted octanol–water partition coefficient (Wildman–Crippen LogP) is 3.56. The van der Waals surface area contributed by atoms with Crippen LogP contribution >= 0.6 is 11.8 Å². The number of amides is 1. The lowest BCUT2D eigenvalue weighted by atomic mass is 9.85. The van der Waals surface area contributed by atoms with Crippen molar-refractivity contribution in [1.82, 2.24) is 10.2 Å². The molecule has 0 saturated carbocycles. The number of nitrogens with one attached hydrogen (secondary N) is 2. The second kappa shape index (κ2) is 5.93. The minimum Gasteiger partial charge on any atom is -0.309 e. The van der Waals surface area contributed by atoms with Gasteiger partial charge in [0.2, 0.25) is 5.91 Å². The zero-order valence-electron chi connectivity index (χ0n) is 12.3. The lowest BCUT2D eigenvalue weighted by Crippen LogP contribution is -2.23. The molecule has 5 heteroatoms. The Morgan fingerprint density at radius 3 is 3.05 bits per heavy atom. The van der Waals surface area contributed by atoms with Gasteiger partial charge >= 0.3 is 0 Å². The van der Waals surface area contributed by atoms with Gasteiger partial charge in [0.25, 0.3) is 0 Å². The topological polar surface area (TPSA) is 57.8 Å². The van der Waals surface area contributed by atoms with Crippen molar-refractivity contribution < 1.29 is 4.79 Å². The van der Waals surface area contributed by atoms with Crippen LogP contribution in [0.5, 0.6) is 0 Å². The molecule has 0 radical (unpaired) electrons. The fourth-order valence-electron chi connectivity index (χ4n) is 2.91.